The van der Waals surface area contributed by atoms with Crippen LogP contribution in [0.25, 0.3) is 0 Å². The average molecular weight is 565 g/mol. The summed E-state index contributed by atoms with van der Waals surface area (Å²) in [5.74, 6) is -1.42. The topological polar surface area (TPSA) is 81.9 Å². The summed E-state index contributed by atoms with van der Waals surface area (Å²) in [5.41, 5.74) is -0.870. The lowest BCUT2D eigenvalue weighted by Crippen LogP contribution is -2.99. The van der Waals surface area contributed by atoms with Gasteiger partial charge in [-0.1, -0.05) is 84.3 Å². The second-order valence-electron chi connectivity index (χ2n) is 5.22. The highest BCUT2D eigenvalue weighted by molar-refractivity contribution is 9.24. The van der Waals surface area contributed by atoms with Gasteiger partial charge in [-0.15, -0.1) is 0 Å². The van der Waals surface area contributed by atoms with Crippen molar-refractivity contribution >= 4 is 95.5 Å². The third kappa shape index (κ3) is 2.94. The van der Waals surface area contributed by atoms with E-state index in [1.807, 2.05) is 0 Å². The van der Waals surface area contributed by atoms with E-state index in [0.717, 1.165) is 0 Å². The van der Waals surface area contributed by atoms with Gasteiger partial charge in [0.25, 0.3) is 0 Å². The number of rotatable bonds is 2. The zero-order chi connectivity index (χ0) is 19.5. The normalized spacial score (nSPS) is 14.5. The van der Waals surface area contributed by atoms with Gasteiger partial charge in [0.05, 0.1) is 36.8 Å². The zero-order valence-corrected chi connectivity index (χ0v) is 18.4. The van der Waals surface area contributed by atoms with Gasteiger partial charge in [-0.05, 0) is 6.07 Å². The minimum absolute atomic E-state index is 0.0966. The van der Waals surface area contributed by atoms with Crippen LogP contribution in [0.4, 0.5) is 5.69 Å². The van der Waals surface area contributed by atoms with Gasteiger partial charge < -0.3 is 5.21 Å². The summed E-state index contributed by atoms with van der Waals surface area (Å²) in [4.78, 5) is 26.0. The van der Waals surface area contributed by atoms with Crippen molar-refractivity contribution in [1.82, 2.24) is 0 Å². The van der Waals surface area contributed by atoms with Crippen LogP contribution in [0.5, 0.6) is 0 Å². The Balaban J connectivity index is 2.45. The van der Waals surface area contributed by atoms with Crippen LogP contribution in [0, 0.1) is 5.21 Å². The average Bonchev–Trinajstić information content (AvgIpc) is 2.59. The minimum Gasteiger partial charge on any atom is -0.595 e. The number of quaternary nitrogens is 1. The van der Waals surface area contributed by atoms with Crippen LogP contribution in [0.1, 0.15) is 41.1 Å². The number of hydrogen-bond donors (Lipinski definition) is 2. The molecule has 26 heavy (non-hydrogen) atoms. The van der Waals surface area contributed by atoms with Crippen LogP contribution in [0.15, 0.2) is 12.1 Å². The molecule has 0 fully saturated rings. The number of carbonyl (C=O) groups is 2. The molecule has 0 saturated heterocycles. The first kappa shape index (κ1) is 20.5. The monoisotopic (exact) mass is 561 g/mol. The quantitative estimate of drug-likeness (QED) is 0.192. The number of carbonyl (C=O) groups excluding carboxylic acids is 2. The number of fused-ring (bicyclic) bond motifs is 2. The molecule has 0 aromatic heterocycles. The van der Waals surface area contributed by atoms with Crippen molar-refractivity contribution in [2.45, 2.75) is 3.74 Å². The largest absolute Gasteiger partial charge is 0.595 e. The molecule has 2 aromatic carbocycles. The molecule has 0 heterocycles. The molecule has 3 rings (SSSR count). The molecular weight excluding hydrogens is 560 g/mol. The zero-order valence-electron chi connectivity index (χ0n) is 12.2. The molecule has 1 aliphatic carbocycles. The van der Waals surface area contributed by atoms with E-state index in [1.54, 1.807) is 0 Å². The van der Waals surface area contributed by atoms with Crippen molar-refractivity contribution in [3.05, 3.63) is 65.2 Å². The van der Waals surface area contributed by atoms with Crippen molar-refractivity contribution in [2.24, 2.45) is 0 Å². The standard InChI is InChI=1S/C15H5Br2Cl4NO4/c16-15(17)4-2-1-3-5(12(4)22(25)26)14(24)7-6(13(3)23)8(18)10(20)11(21)9(7)19/h1-2,15,22,25H. The Labute approximate surface area is 183 Å². The second-order valence-corrected chi connectivity index (χ2v) is 9.79. The molecule has 136 valence electrons. The molecule has 0 aliphatic heterocycles. The Bertz CT molecular complexity index is 995. The molecular formula is C15H5Br2Cl4NO4. The fraction of sp³-hybridized carbons (Fsp3) is 0.0667. The predicted molar refractivity (Wildman–Crippen MR) is 106 cm³/mol. The van der Waals surface area contributed by atoms with Crippen molar-refractivity contribution in [3.63, 3.8) is 0 Å². The van der Waals surface area contributed by atoms with E-state index in [-0.39, 0.29) is 53.6 Å². The van der Waals surface area contributed by atoms with Gasteiger partial charge in [-0.25, -0.2) is 5.21 Å². The summed E-state index contributed by atoms with van der Waals surface area (Å²) in [6.45, 7) is 0. The molecule has 1 unspecified atom stereocenters. The first-order chi connectivity index (χ1) is 12.1. The lowest BCUT2D eigenvalue weighted by atomic mass is 9.82. The van der Waals surface area contributed by atoms with Crippen LogP contribution >= 0.6 is 78.3 Å². The molecule has 0 radical (unpaired) electrons. The number of alkyl halides is 2. The maximum absolute atomic E-state index is 13.1. The Morgan fingerprint density at radius 2 is 1.38 bits per heavy atom. The molecule has 0 saturated carbocycles. The van der Waals surface area contributed by atoms with E-state index in [4.69, 9.17) is 46.4 Å². The maximum Gasteiger partial charge on any atom is 0.202 e. The van der Waals surface area contributed by atoms with Crippen LogP contribution in [0.3, 0.4) is 0 Å². The van der Waals surface area contributed by atoms with Crippen LogP contribution in [0.2, 0.25) is 20.1 Å². The smallest absolute Gasteiger partial charge is 0.202 e. The van der Waals surface area contributed by atoms with Crippen LogP contribution < -0.4 is 5.23 Å². The maximum atomic E-state index is 13.1. The van der Waals surface area contributed by atoms with Gasteiger partial charge in [0.1, 0.15) is 3.74 Å². The molecule has 11 heteroatoms. The highest BCUT2D eigenvalue weighted by atomic mass is 79.9. The highest BCUT2D eigenvalue weighted by Gasteiger charge is 2.40. The van der Waals surface area contributed by atoms with Crippen molar-refractivity contribution < 1.29 is 20.0 Å². The number of hydrogen-bond acceptors (Lipinski definition) is 4. The summed E-state index contributed by atoms with van der Waals surface area (Å²) in [5, 5.41) is 19.3. The highest BCUT2D eigenvalue weighted by Crippen LogP contribution is 2.47. The number of benzene rings is 2. The Hall–Kier alpha value is -0.220. The predicted octanol–water partition coefficient (Wildman–Crippen LogP) is 5.27. The van der Waals surface area contributed by atoms with E-state index in [0.29, 0.717) is 0 Å². The van der Waals surface area contributed by atoms with Crippen molar-refractivity contribution in [1.29, 1.82) is 0 Å². The van der Waals surface area contributed by atoms with Gasteiger partial charge >= 0.3 is 0 Å². The summed E-state index contributed by atoms with van der Waals surface area (Å²) in [6.07, 6.45) is 0. The molecule has 2 N–H and O–H groups in total. The fourth-order valence-electron chi connectivity index (χ4n) is 2.77. The Morgan fingerprint density at radius 3 is 1.85 bits per heavy atom. The lowest BCUT2D eigenvalue weighted by Gasteiger charge is -2.26. The van der Waals surface area contributed by atoms with E-state index >= 15 is 0 Å². The third-order valence-corrected chi connectivity index (χ3v) is 6.67. The van der Waals surface area contributed by atoms with E-state index in [9.17, 15) is 20.0 Å². The molecule has 5 nitrogen and oxygen atoms in total. The summed E-state index contributed by atoms with van der Waals surface area (Å²) < 4.78 is -0.552. The van der Waals surface area contributed by atoms with E-state index < -0.39 is 20.5 Å². The van der Waals surface area contributed by atoms with Gasteiger partial charge in [0, 0.05) is 11.1 Å². The van der Waals surface area contributed by atoms with Crippen molar-refractivity contribution in [3.8, 4) is 0 Å². The molecule has 0 spiro atoms. The third-order valence-electron chi connectivity index (χ3n) is 3.88. The Kier molecular flexibility index (Phi) is 5.77. The van der Waals surface area contributed by atoms with Gasteiger partial charge in [0.2, 0.25) is 5.78 Å². The first-order valence-corrected chi connectivity index (χ1v) is 10.1. The summed E-state index contributed by atoms with van der Waals surface area (Å²) >= 11 is 30.7. The summed E-state index contributed by atoms with van der Waals surface area (Å²) in [7, 11) is 0. The van der Waals surface area contributed by atoms with Gasteiger partial charge in [-0.3, -0.25) is 9.59 Å². The molecule has 1 aliphatic rings. The van der Waals surface area contributed by atoms with Crippen LogP contribution in [-0.4, -0.2) is 16.8 Å². The molecule has 0 bridgehead atoms. The number of ketones is 2. The summed E-state index contributed by atoms with van der Waals surface area (Å²) in [6, 6.07) is 2.79. The minimum atomic E-state index is -1.37. The Morgan fingerprint density at radius 1 is 0.885 bits per heavy atom. The SMILES string of the molecule is O=C1c2ccc(C(Br)Br)c([NH+]([O-])O)c2C(=O)c2c(Cl)c(Cl)c(Cl)c(Cl)c21. The first-order valence-electron chi connectivity index (χ1n) is 6.73. The fourth-order valence-corrected chi connectivity index (χ4v) is 4.56. The van der Waals surface area contributed by atoms with E-state index in [1.165, 1.54) is 12.1 Å². The van der Waals surface area contributed by atoms with Crippen molar-refractivity contribution in [2.75, 3.05) is 0 Å². The number of nitrogens with one attached hydrogen (secondary N) is 1. The van der Waals surface area contributed by atoms with Gasteiger partial charge in [0.15, 0.2) is 11.5 Å². The lowest BCUT2D eigenvalue weighted by molar-refractivity contribution is -0.991. The molecule has 1 atom stereocenters. The second kappa shape index (κ2) is 7.31. The molecule has 0 amide bonds. The van der Waals surface area contributed by atoms with Gasteiger partial charge in [-0.2, -0.15) is 5.23 Å². The van der Waals surface area contributed by atoms with E-state index in [2.05, 4.69) is 31.9 Å². The molecule has 2 aromatic rings. The number of halogens is 6. The van der Waals surface area contributed by atoms with Crippen LogP contribution in [-0.2, 0) is 0 Å².